The summed E-state index contributed by atoms with van der Waals surface area (Å²) in [5.41, 5.74) is 1.76. The van der Waals surface area contributed by atoms with Crippen LogP contribution in [0.3, 0.4) is 0 Å². The largest absolute Gasteiger partial charge is 0.497 e. The second-order valence-electron chi connectivity index (χ2n) is 13.3. The molecule has 0 spiro atoms. The van der Waals surface area contributed by atoms with Crippen molar-refractivity contribution in [3.05, 3.63) is 133 Å². The third-order valence-corrected chi connectivity index (χ3v) is 16.6. The van der Waals surface area contributed by atoms with E-state index in [2.05, 4.69) is 75.9 Å². The highest BCUT2D eigenvalue weighted by Crippen LogP contribution is 2.37. The molecule has 0 saturated heterocycles. The minimum absolute atomic E-state index is 0.176. The van der Waals surface area contributed by atoms with Crippen LogP contribution in [0.4, 0.5) is 0 Å². The number of nitrogens with zero attached hydrogens (tertiary/aromatic N) is 1. The number of allylic oxidation sites excluding steroid dienone is 1. The summed E-state index contributed by atoms with van der Waals surface area (Å²) in [6.07, 6.45) is 2.74. The summed E-state index contributed by atoms with van der Waals surface area (Å²) < 4.78 is 49.3. The molecule has 0 aliphatic rings. The molecule has 8 heteroatoms. The average Bonchev–Trinajstić information content (AvgIpc) is 3.09. The van der Waals surface area contributed by atoms with Crippen LogP contribution in [-0.4, -0.2) is 47.1 Å². The Morgan fingerprint density at radius 1 is 0.750 bits per heavy atom. The van der Waals surface area contributed by atoms with E-state index in [-0.39, 0.29) is 24.0 Å². The molecule has 0 aliphatic heterocycles. The average molecular weight is 686 g/mol. The summed E-state index contributed by atoms with van der Waals surface area (Å²) in [7, 11) is -3.44. The van der Waals surface area contributed by atoms with Crippen LogP contribution in [0.1, 0.15) is 51.7 Å². The summed E-state index contributed by atoms with van der Waals surface area (Å²) in [5.74, 6) is 1.27. The molecule has 0 unspecified atom stereocenters. The Balaban J connectivity index is 1.72. The van der Waals surface area contributed by atoms with E-state index in [9.17, 15) is 8.42 Å². The van der Waals surface area contributed by atoms with E-state index in [1.807, 2.05) is 73.7 Å². The SMILES string of the molecule is C=CC[C@H](C)[C@@H](CCO[Si](c1ccccc1)(c1ccccc1)C(C)(C)C)S(=O)(=O)N(Cc1ccc(OC)cc1)Cc1ccc(OC)cc1. The highest BCUT2D eigenvalue weighted by Gasteiger charge is 2.50. The van der Waals surface area contributed by atoms with Crippen molar-refractivity contribution in [3.8, 4) is 11.5 Å². The van der Waals surface area contributed by atoms with Crippen LogP contribution in [0, 0.1) is 5.92 Å². The minimum atomic E-state index is -3.84. The van der Waals surface area contributed by atoms with Gasteiger partial charge in [0.05, 0.1) is 19.5 Å². The fraction of sp³-hybridized carbons (Fsp3) is 0.350. The van der Waals surface area contributed by atoms with Crippen LogP contribution in [0.15, 0.2) is 122 Å². The molecule has 0 radical (unpaired) electrons. The Bertz CT molecular complexity index is 1580. The maximum atomic E-state index is 14.9. The summed E-state index contributed by atoms with van der Waals surface area (Å²) in [6.45, 7) is 13.4. The minimum Gasteiger partial charge on any atom is -0.497 e. The van der Waals surface area contributed by atoms with Gasteiger partial charge >= 0.3 is 0 Å². The fourth-order valence-electron chi connectivity index (χ4n) is 6.53. The van der Waals surface area contributed by atoms with Crippen molar-refractivity contribution < 1.29 is 22.3 Å². The molecule has 0 aromatic heterocycles. The van der Waals surface area contributed by atoms with Crippen LogP contribution < -0.4 is 19.8 Å². The van der Waals surface area contributed by atoms with E-state index >= 15 is 0 Å². The first kappa shape index (κ1) is 37.1. The van der Waals surface area contributed by atoms with Crippen molar-refractivity contribution in [2.45, 2.75) is 63.9 Å². The molecule has 4 rings (SSSR count). The van der Waals surface area contributed by atoms with Gasteiger partial charge in [-0.15, -0.1) is 6.58 Å². The normalized spacial score (nSPS) is 13.6. The molecule has 256 valence electrons. The molecule has 0 amide bonds. The van der Waals surface area contributed by atoms with Crippen LogP contribution in [0.5, 0.6) is 11.5 Å². The molecular weight excluding hydrogens is 635 g/mol. The van der Waals surface area contributed by atoms with Crippen molar-refractivity contribution in [3.63, 3.8) is 0 Å². The zero-order valence-electron chi connectivity index (χ0n) is 29.3. The van der Waals surface area contributed by atoms with Crippen LogP contribution >= 0.6 is 0 Å². The molecule has 48 heavy (non-hydrogen) atoms. The molecule has 0 bridgehead atoms. The van der Waals surface area contributed by atoms with Gasteiger partial charge in [-0.1, -0.05) is 119 Å². The van der Waals surface area contributed by atoms with E-state index in [1.165, 1.54) is 10.4 Å². The highest BCUT2D eigenvalue weighted by atomic mass is 32.2. The molecule has 4 aromatic carbocycles. The van der Waals surface area contributed by atoms with Gasteiger partial charge in [-0.3, -0.25) is 0 Å². The Morgan fingerprint density at radius 3 is 1.56 bits per heavy atom. The van der Waals surface area contributed by atoms with Crippen molar-refractivity contribution in [2.24, 2.45) is 5.92 Å². The van der Waals surface area contributed by atoms with E-state index < -0.39 is 23.6 Å². The lowest BCUT2D eigenvalue weighted by Gasteiger charge is -2.43. The molecule has 0 fully saturated rings. The number of hydrogen-bond donors (Lipinski definition) is 0. The number of ether oxygens (including phenoxy) is 2. The van der Waals surface area contributed by atoms with Gasteiger partial charge in [-0.25, -0.2) is 8.42 Å². The lowest BCUT2D eigenvalue weighted by atomic mass is 10.0. The third-order valence-electron chi connectivity index (χ3n) is 9.09. The summed E-state index contributed by atoms with van der Waals surface area (Å²) >= 11 is 0. The molecule has 0 heterocycles. The van der Waals surface area contributed by atoms with Gasteiger partial charge in [-0.05, 0) is 69.6 Å². The highest BCUT2D eigenvalue weighted by molar-refractivity contribution is 7.89. The molecule has 0 N–H and O–H groups in total. The smallest absolute Gasteiger partial charge is 0.261 e. The number of benzene rings is 4. The Hall–Kier alpha value is -3.69. The van der Waals surface area contributed by atoms with E-state index in [4.69, 9.17) is 13.9 Å². The van der Waals surface area contributed by atoms with E-state index in [1.54, 1.807) is 18.5 Å². The number of rotatable bonds is 17. The summed E-state index contributed by atoms with van der Waals surface area (Å²) in [5, 5.41) is 1.43. The quantitative estimate of drug-likeness (QED) is 0.0847. The Kier molecular flexibility index (Phi) is 12.9. The molecule has 6 nitrogen and oxygen atoms in total. The fourth-order valence-corrected chi connectivity index (χ4v) is 13.2. The van der Waals surface area contributed by atoms with Gasteiger partial charge in [0.2, 0.25) is 10.0 Å². The van der Waals surface area contributed by atoms with Gasteiger partial charge in [0.25, 0.3) is 8.32 Å². The van der Waals surface area contributed by atoms with Gasteiger partial charge in [0.15, 0.2) is 0 Å². The number of methoxy groups -OCH3 is 2. The molecule has 2 atom stereocenters. The van der Waals surface area contributed by atoms with Crippen molar-refractivity contribution in [1.82, 2.24) is 4.31 Å². The van der Waals surface area contributed by atoms with Gasteiger partial charge in [-0.2, -0.15) is 4.31 Å². The van der Waals surface area contributed by atoms with Crippen LogP contribution in [0.25, 0.3) is 0 Å². The van der Waals surface area contributed by atoms with Gasteiger partial charge in [0.1, 0.15) is 11.5 Å². The Morgan fingerprint density at radius 2 is 1.19 bits per heavy atom. The first-order chi connectivity index (χ1) is 23.0. The first-order valence-corrected chi connectivity index (χ1v) is 20.0. The zero-order chi connectivity index (χ0) is 34.8. The number of hydrogen-bond acceptors (Lipinski definition) is 5. The molecule has 4 aromatic rings. The summed E-state index contributed by atoms with van der Waals surface area (Å²) in [6, 6.07) is 36.1. The lowest BCUT2D eigenvalue weighted by molar-refractivity contribution is 0.274. The maximum absolute atomic E-state index is 14.9. The lowest BCUT2D eigenvalue weighted by Crippen LogP contribution is -2.66. The van der Waals surface area contributed by atoms with Crippen LogP contribution in [0.2, 0.25) is 5.04 Å². The van der Waals surface area contributed by atoms with Crippen molar-refractivity contribution in [1.29, 1.82) is 0 Å². The second kappa shape index (κ2) is 16.6. The number of sulfonamides is 1. The van der Waals surface area contributed by atoms with E-state index in [0.29, 0.717) is 19.4 Å². The van der Waals surface area contributed by atoms with Crippen LogP contribution in [-0.2, 0) is 27.5 Å². The zero-order valence-corrected chi connectivity index (χ0v) is 31.1. The van der Waals surface area contributed by atoms with Gasteiger partial charge < -0.3 is 13.9 Å². The standard InChI is InChI=1S/C40H51NO5SSi/c1-8-15-32(2)39(28-29-46-48(40(3,4)5,37-16-11-9-12-17-37)38-18-13-10-14-19-38)47(42,43)41(30-33-20-24-35(44-6)25-21-33)31-34-22-26-36(45-7)27-23-34/h8-14,16-27,32,39H,1,15,28-31H2,2-7H3/t32-,39+/m0/s1. The van der Waals surface area contributed by atoms with Crippen molar-refractivity contribution in [2.75, 3.05) is 20.8 Å². The maximum Gasteiger partial charge on any atom is 0.261 e. The Labute approximate surface area is 289 Å². The predicted molar refractivity (Wildman–Crippen MR) is 200 cm³/mol. The first-order valence-electron chi connectivity index (χ1n) is 16.6. The predicted octanol–water partition coefficient (Wildman–Crippen LogP) is 7.58. The molecule has 0 aliphatic carbocycles. The van der Waals surface area contributed by atoms with Gasteiger partial charge in [0, 0.05) is 19.7 Å². The third kappa shape index (κ3) is 8.66. The topological polar surface area (TPSA) is 65.1 Å². The van der Waals surface area contributed by atoms with E-state index in [0.717, 1.165) is 22.6 Å². The molecular formula is C40H51NO5SSi. The van der Waals surface area contributed by atoms with Crippen molar-refractivity contribution >= 4 is 28.7 Å². The second-order valence-corrected chi connectivity index (χ2v) is 19.8. The molecule has 0 saturated carbocycles. The monoisotopic (exact) mass is 685 g/mol. The summed E-state index contributed by atoms with van der Waals surface area (Å²) in [4.78, 5) is 0.